The number of aromatic nitrogens is 3. The van der Waals surface area contributed by atoms with Crippen LogP contribution in [-0.4, -0.2) is 28.6 Å². The van der Waals surface area contributed by atoms with Crippen LogP contribution in [-0.2, 0) is 0 Å². The summed E-state index contributed by atoms with van der Waals surface area (Å²) in [7, 11) is 1.74. The molecule has 0 aliphatic carbocycles. The molecule has 7 heteroatoms. The second kappa shape index (κ2) is 8.10. The fourth-order valence-electron chi connectivity index (χ4n) is 3.06. The minimum absolute atomic E-state index is 0.314. The number of fused-ring (bicyclic) bond motifs is 1. The van der Waals surface area contributed by atoms with Gasteiger partial charge in [-0.15, -0.1) is 0 Å². The topological polar surface area (TPSA) is 72.0 Å². The SMILES string of the molecule is CCOc1ccc2nc(-c3cccnc3)nc(Nc3c(F)cccc3NC)c2c1. The van der Waals surface area contributed by atoms with Gasteiger partial charge in [-0.2, -0.15) is 0 Å². The van der Waals surface area contributed by atoms with Crippen LogP contribution < -0.4 is 15.4 Å². The van der Waals surface area contributed by atoms with Gasteiger partial charge in [-0.1, -0.05) is 6.07 Å². The van der Waals surface area contributed by atoms with Crippen LogP contribution in [0.4, 0.5) is 21.6 Å². The molecule has 0 bridgehead atoms. The van der Waals surface area contributed by atoms with Crippen LogP contribution in [0.5, 0.6) is 5.75 Å². The third-order valence-electron chi connectivity index (χ3n) is 4.42. The van der Waals surface area contributed by atoms with Crippen LogP contribution in [0.1, 0.15) is 6.92 Å². The third-order valence-corrected chi connectivity index (χ3v) is 4.42. The number of benzene rings is 2. The molecule has 0 aliphatic rings. The van der Waals surface area contributed by atoms with Crippen molar-refractivity contribution in [3.63, 3.8) is 0 Å². The molecule has 6 nitrogen and oxygen atoms in total. The van der Waals surface area contributed by atoms with E-state index in [1.807, 2.05) is 37.3 Å². The maximum atomic E-state index is 14.6. The third kappa shape index (κ3) is 3.80. The van der Waals surface area contributed by atoms with Crippen molar-refractivity contribution in [3.05, 3.63) is 66.7 Å². The molecule has 2 N–H and O–H groups in total. The van der Waals surface area contributed by atoms with E-state index in [4.69, 9.17) is 4.74 Å². The molecule has 0 saturated carbocycles. The second-order valence-electron chi connectivity index (χ2n) is 6.29. The summed E-state index contributed by atoms with van der Waals surface area (Å²) in [6.07, 6.45) is 3.39. The predicted octanol–water partition coefficient (Wildman–Crippen LogP) is 5.01. The average Bonchev–Trinajstić information content (AvgIpc) is 2.76. The molecule has 4 aromatic rings. The fraction of sp³-hybridized carbons (Fsp3) is 0.136. The summed E-state index contributed by atoms with van der Waals surface area (Å²) in [5.41, 5.74) is 2.43. The molecular weight excluding hydrogens is 369 g/mol. The Balaban J connectivity index is 1.91. The van der Waals surface area contributed by atoms with E-state index in [9.17, 15) is 4.39 Å². The molecule has 146 valence electrons. The number of hydrogen-bond donors (Lipinski definition) is 2. The van der Waals surface area contributed by atoms with Crippen LogP contribution in [0, 0.1) is 5.82 Å². The normalized spacial score (nSPS) is 10.7. The summed E-state index contributed by atoms with van der Waals surface area (Å²) in [4.78, 5) is 13.5. The minimum Gasteiger partial charge on any atom is -0.494 e. The molecule has 0 amide bonds. The molecule has 0 aliphatic heterocycles. The van der Waals surface area contributed by atoms with E-state index in [2.05, 4.69) is 25.6 Å². The Morgan fingerprint density at radius 1 is 1.07 bits per heavy atom. The molecule has 2 aromatic carbocycles. The molecule has 0 spiro atoms. The zero-order valence-corrected chi connectivity index (χ0v) is 16.1. The van der Waals surface area contributed by atoms with Gasteiger partial charge < -0.3 is 15.4 Å². The van der Waals surface area contributed by atoms with Crippen molar-refractivity contribution in [2.75, 3.05) is 24.3 Å². The maximum absolute atomic E-state index is 14.6. The summed E-state index contributed by atoms with van der Waals surface area (Å²) >= 11 is 0. The summed E-state index contributed by atoms with van der Waals surface area (Å²) < 4.78 is 20.2. The van der Waals surface area contributed by atoms with Crippen molar-refractivity contribution in [3.8, 4) is 17.1 Å². The number of pyridine rings is 1. The van der Waals surface area contributed by atoms with E-state index in [0.29, 0.717) is 40.9 Å². The van der Waals surface area contributed by atoms with Gasteiger partial charge in [-0.3, -0.25) is 4.98 Å². The van der Waals surface area contributed by atoms with Gasteiger partial charge in [0.15, 0.2) is 5.82 Å². The molecule has 0 atom stereocenters. The lowest BCUT2D eigenvalue weighted by Crippen LogP contribution is -2.04. The quantitative estimate of drug-likeness (QED) is 0.483. The lowest BCUT2D eigenvalue weighted by Gasteiger charge is -2.15. The van der Waals surface area contributed by atoms with Gasteiger partial charge in [-0.05, 0) is 49.4 Å². The van der Waals surface area contributed by atoms with Gasteiger partial charge in [0.25, 0.3) is 0 Å². The van der Waals surface area contributed by atoms with E-state index >= 15 is 0 Å². The van der Waals surface area contributed by atoms with E-state index in [0.717, 1.165) is 10.9 Å². The lowest BCUT2D eigenvalue weighted by atomic mass is 10.2. The van der Waals surface area contributed by atoms with Crippen LogP contribution in [0.3, 0.4) is 0 Å². The number of ether oxygens (including phenoxy) is 1. The summed E-state index contributed by atoms with van der Waals surface area (Å²) in [5, 5.41) is 6.88. The smallest absolute Gasteiger partial charge is 0.163 e. The molecule has 0 saturated heterocycles. The first-order valence-electron chi connectivity index (χ1n) is 9.28. The first-order chi connectivity index (χ1) is 14.2. The van der Waals surface area contributed by atoms with Gasteiger partial charge in [0, 0.05) is 30.4 Å². The van der Waals surface area contributed by atoms with E-state index in [-0.39, 0.29) is 5.82 Å². The first kappa shape index (κ1) is 18.6. The number of hydrogen-bond acceptors (Lipinski definition) is 6. The van der Waals surface area contributed by atoms with Crippen molar-refractivity contribution in [2.45, 2.75) is 6.92 Å². The van der Waals surface area contributed by atoms with E-state index in [1.165, 1.54) is 6.07 Å². The van der Waals surface area contributed by atoms with Gasteiger partial charge >= 0.3 is 0 Å². The standard InChI is InChI=1S/C22H20FN5O/c1-3-29-15-9-10-18-16(12-15)22(27-20-17(23)7-4-8-19(20)24-2)28-21(26-18)14-6-5-11-25-13-14/h4-13,24H,3H2,1-2H3,(H,26,27,28). The molecular formula is C22H20FN5O. The van der Waals surface area contributed by atoms with Crippen molar-refractivity contribution in [1.82, 2.24) is 15.0 Å². The molecule has 0 fully saturated rings. The number of halogens is 1. The number of para-hydroxylation sites is 1. The number of nitrogens with one attached hydrogen (secondary N) is 2. The number of anilines is 3. The highest BCUT2D eigenvalue weighted by Crippen LogP contribution is 2.33. The monoisotopic (exact) mass is 389 g/mol. The zero-order valence-electron chi connectivity index (χ0n) is 16.1. The summed E-state index contributed by atoms with van der Waals surface area (Å²) in [5.74, 6) is 1.30. The van der Waals surface area contributed by atoms with Crippen LogP contribution in [0.15, 0.2) is 60.9 Å². The van der Waals surface area contributed by atoms with Crippen LogP contribution in [0.25, 0.3) is 22.3 Å². The van der Waals surface area contributed by atoms with Crippen molar-refractivity contribution in [1.29, 1.82) is 0 Å². The zero-order chi connectivity index (χ0) is 20.2. The Morgan fingerprint density at radius 2 is 1.97 bits per heavy atom. The highest BCUT2D eigenvalue weighted by atomic mass is 19.1. The Labute approximate surface area is 167 Å². The highest BCUT2D eigenvalue weighted by Gasteiger charge is 2.14. The van der Waals surface area contributed by atoms with E-state index in [1.54, 1.807) is 31.6 Å². The lowest BCUT2D eigenvalue weighted by molar-refractivity contribution is 0.340. The van der Waals surface area contributed by atoms with Gasteiger partial charge in [-0.25, -0.2) is 14.4 Å². The fourth-order valence-corrected chi connectivity index (χ4v) is 3.06. The van der Waals surface area contributed by atoms with Crippen LogP contribution in [0.2, 0.25) is 0 Å². The minimum atomic E-state index is -0.382. The molecule has 0 unspecified atom stereocenters. The van der Waals surface area contributed by atoms with Gasteiger partial charge in [0.2, 0.25) is 0 Å². The second-order valence-corrected chi connectivity index (χ2v) is 6.29. The predicted molar refractivity (Wildman–Crippen MR) is 113 cm³/mol. The Hall–Kier alpha value is -3.74. The van der Waals surface area contributed by atoms with E-state index < -0.39 is 0 Å². The average molecular weight is 389 g/mol. The van der Waals surface area contributed by atoms with Crippen LogP contribution >= 0.6 is 0 Å². The largest absolute Gasteiger partial charge is 0.494 e. The summed E-state index contributed by atoms with van der Waals surface area (Å²) in [6, 6.07) is 14.1. The molecule has 4 rings (SSSR count). The van der Waals surface area contributed by atoms with Crippen molar-refractivity contribution < 1.29 is 9.13 Å². The highest BCUT2D eigenvalue weighted by molar-refractivity contribution is 5.94. The Bertz CT molecular complexity index is 1150. The van der Waals surface area contributed by atoms with Gasteiger partial charge in [0.05, 0.1) is 23.5 Å². The maximum Gasteiger partial charge on any atom is 0.163 e. The van der Waals surface area contributed by atoms with Crippen molar-refractivity contribution in [2.24, 2.45) is 0 Å². The van der Waals surface area contributed by atoms with Gasteiger partial charge in [0.1, 0.15) is 17.4 Å². The molecule has 2 aromatic heterocycles. The molecule has 2 heterocycles. The number of nitrogens with zero attached hydrogens (tertiary/aromatic N) is 3. The summed E-state index contributed by atoms with van der Waals surface area (Å²) in [6.45, 7) is 2.46. The Kier molecular flexibility index (Phi) is 5.20. The van der Waals surface area contributed by atoms with Crippen molar-refractivity contribution >= 4 is 28.1 Å². The number of rotatable bonds is 6. The Morgan fingerprint density at radius 3 is 2.72 bits per heavy atom. The first-order valence-corrected chi connectivity index (χ1v) is 9.28. The molecule has 0 radical (unpaired) electrons. The molecule has 29 heavy (non-hydrogen) atoms.